The van der Waals surface area contributed by atoms with Crippen LogP contribution in [0.1, 0.15) is 19.3 Å². The molecule has 0 fully saturated rings. The van der Waals surface area contributed by atoms with Crippen LogP contribution in [0.25, 0.3) is 5.95 Å². The monoisotopic (exact) mass is 291 g/mol. The molecule has 8 heteroatoms. The molecule has 0 aliphatic carbocycles. The molecule has 0 amide bonds. The van der Waals surface area contributed by atoms with Crippen LogP contribution in [-0.4, -0.2) is 56.9 Å². The highest BCUT2D eigenvalue weighted by Crippen LogP contribution is 2.12. The van der Waals surface area contributed by atoms with Gasteiger partial charge in [0.15, 0.2) is 0 Å². The lowest BCUT2D eigenvalue weighted by Gasteiger charge is -2.18. The number of anilines is 2. The number of hydrogen-bond acceptors (Lipinski definition) is 7. The van der Waals surface area contributed by atoms with Crippen LogP contribution in [0.4, 0.5) is 11.9 Å². The molecular formula is C13H21N7O. The fourth-order valence-electron chi connectivity index (χ4n) is 1.87. The summed E-state index contributed by atoms with van der Waals surface area (Å²) in [5, 5.41) is 11.7. The molecule has 0 aliphatic heterocycles. The summed E-state index contributed by atoms with van der Waals surface area (Å²) >= 11 is 0. The quantitative estimate of drug-likeness (QED) is 0.691. The number of aliphatic hydroxyl groups is 1. The highest BCUT2D eigenvalue weighted by molar-refractivity contribution is 5.39. The normalized spacial score (nSPS) is 10.6. The van der Waals surface area contributed by atoms with Crippen molar-refractivity contribution in [1.82, 2.24) is 24.5 Å². The van der Waals surface area contributed by atoms with E-state index in [2.05, 4.69) is 25.3 Å². The van der Waals surface area contributed by atoms with E-state index in [-0.39, 0.29) is 6.61 Å². The zero-order valence-corrected chi connectivity index (χ0v) is 12.4. The molecule has 0 radical (unpaired) electrons. The molecule has 2 aromatic heterocycles. The molecule has 0 aliphatic rings. The van der Waals surface area contributed by atoms with Crippen LogP contribution < -0.4 is 10.2 Å². The zero-order valence-electron chi connectivity index (χ0n) is 12.4. The van der Waals surface area contributed by atoms with Crippen LogP contribution >= 0.6 is 0 Å². The smallest absolute Gasteiger partial charge is 0.241 e. The van der Waals surface area contributed by atoms with Crippen LogP contribution in [0, 0.1) is 0 Å². The minimum absolute atomic E-state index is 0.240. The van der Waals surface area contributed by atoms with Crippen LogP contribution in [0.5, 0.6) is 0 Å². The van der Waals surface area contributed by atoms with Crippen LogP contribution in [0.3, 0.4) is 0 Å². The molecule has 114 valence electrons. The van der Waals surface area contributed by atoms with E-state index in [1.807, 2.05) is 11.9 Å². The molecule has 2 heterocycles. The van der Waals surface area contributed by atoms with E-state index in [1.54, 1.807) is 30.3 Å². The third-order valence-corrected chi connectivity index (χ3v) is 3.06. The molecule has 0 aromatic carbocycles. The summed E-state index contributed by atoms with van der Waals surface area (Å²) in [5.74, 6) is 1.66. The van der Waals surface area contributed by atoms with Gasteiger partial charge in [0.05, 0.1) is 0 Å². The number of nitrogens with zero attached hydrogens (tertiary/aromatic N) is 6. The van der Waals surface area contributed by atoms with Gasteiger partial charge >= 0.3 is 0 Å². The van der Waals surface area contributed by atoms with Gasteiger partial charge in [-0.3, -0.25) is 4.57 Å². The maximum Gasteiger partial charge on any atom is 0.241 e. The molecule has 2 N–H and O–H groups in total. The standard InChI is InChI=1S/C13H21N7O/c1-14-11-16-12(19(2)7-4-3-5-9-21)18-13(17-11)20-8-6-15-10-20/h6,8,10,21H,3-5,7,9H2,1-2H3,(H,14,16,17,18). The lowest BCUT2D eigenvalue weighted by Crippen LogP contribution is -2.22. The zero-order chi connectivity index (χ0) is 15.1. The van der Waals surface area contributed by atoms with Gasteiger partial charge in [0, 0.05) is 39.6 Å². The Morgan fingerprint density at radius 1 is 1.24 bits per heavy atom. The van der Waals surface area contributed by atoms with Crippen molar-refractivity contribution in [3.63, 3.8) is 0 Å². The molecule has 0 saturated heterocycles. The number of rotatable bonds is 8. The van der Waals surface area contributed by atoms with E-state index in [9.17, 15) is 0 Å². The average Bonchev–Trinajstić information content (AvgIpc) is 3.05. The minimum atomic E-state index is 0.240. The van der Waals surface area contributed by atoms with Gasteiger partial charge in [-0.1, -0.05) is 0 Å². The summed E-state index contributed by atoms with van der Waals surface area (Å²) in [7, 11) is 3.73. The molecule has 0 bridgehead atoms. The van der Waals surface area contributed by atoms with E-state index >= 15 is 0 Å². The molecule has 0 atom stereocenters. The van der Waals surface area contributed by atoms with Crippen molar-refractivity contribution >= 4 is 11.9 Å². The molecule has 2 aromatic rings. The number of unbranched alkanes of at least 4 members (excludes halogenated alkanes) is 2. The second kappa shape index (κ2) is 7.53. The SMILES string of the molecule is CNc1nc(N(C)CCCCCO)nc(-n2ccnc2)n1. The van der Waals surface area contributed by atoms with Crippen LogP contribution in [-0.2, 0) is 0 Å². The van der Waals surface area contributed by atoms with Crippen LogP contribution in [0.2, 0.25) is 0 Å². The molecule has 8 nitrogen and oxygen atoms in total. The maximum atomic E-state index is 8.80. The number of nitrogens with one attached hydrogen (secondary N) is 1. The second-order valence-corrected chi connectivity index (χ2v) is 4.68. The predicted octanol–water partition coefficient (Wildman–Crippen LogP) is 0.698. The summed E-state index contributed by atoms with van der Waals surface area (Å²) in [6.45, 7) is 1.07. The van der Waals surface area contributed by atoms with Gasteiger partial charge in [0.25, 0.3) is 0 Å². The van der Waals surface area contributed by atoms with E-state index < -0.39 is 0 Å². The predicted molar refractivity (Wildman–Crippen MR) is 80.7 cm³/mol. The highest BCUT2D eigenvalue weighted by Gasteiger charge is 2.10. The third kappa shape index (κ3) is 4.12. The Labute approximate surface area is 123 Å². The van der Waals surface area contributed by atoms with Crippen molar-refractivity contribution < 1.29 is 5.11 Å². The molecule has 0 saturated carbocycles. The molecule has 21 heavy (non-hydrogen) atoms. The Kier molecular flexibility index (Phi) is 5.44. The number of hydrogen-bond donors (Lipinski definition) is 2. The van der Waals surface area contributed by atoms with E-state index in [1.165, 1.54) is 0 Å². The number of aliphatic hydroxyl groups excluding tert-OH is 1. The summed E-state index contributed by atoms with van der Waals surface area (Å²) in [4.78, 5) is 19.1. The van der Waals surface area contributed by atoms with E-state index in [0.717, 1.165) is 25.8 Å². The highest BCUT2D eigenvalue weighted by atomic mass is 16.2. The maximum absolute atomic E-state index is 8.80. The average molecular weight is 291 g/mol. The number of aromatic nitrogens is 5. The van der Waals surface area contributed by atoms with Crippen molar-refractivity contribution in [3.05, 3.63) is 18.7 Å². The first-order chi connectivity index (χ1) is 10.2. The Hall–Kier alpha value is -2.22. The number of imidazole rings is 1. The van der Waals surface area contributed by atoms with Crippen molar-refractivity contribution in [2.24, 2.45) is 0 Å². The van der Waals surface area contributed by atoms with Gasteiger partial charge in [-0.25, -0.2) is 4.98 Å². The Morgan fingerprint density at radius 3 is 2.76 bits per heavy atom. The summed E-state index contributed by atoms with van der Waals surface area (Å²) in [6.07, 6.45) is 7.92. The van der Waals surface area contributed by atoms with Gasteiger partial charge in [0.2, 0.25) is 17.8 Å². The first kappa shape index (κ1) is 15.2. The van der Waals surface area contributed by atoms with E-state index in [4.69, 9.17) is 5.11 Å². The lowest BCUT2D eigenvalue weighted by molar-refractivity contribution is 0.283. The summed E-state index contributed by atoms with van der Waals surface area (Å²) < 4.78 is 1.74. The Balaban J connectivity index is 2.13. The van der Waals surface area contributed by atoms with Crippen molar-refractivity contribution in [1.29, 1.82) is 0 Å². The first-order valence-corrected chi connectivity index (χ1v) is 6.98. The molecule has 2 rings (SSSR count). The first-order valence-electron chi connectivity index (χ1n) is 6.98. The van der Waals surface area contributed by atoms with Gasteiger partial charge in [-0.15, -0.1) is 0 Å². The van der Waals surface area contributed by atoms with Gasteiger partial charge < -0.3 is 15.3 Å². The van der Waals surface area contributed by atoms with E-state index in [0.29, 0.717) is 17.8 Å². The third-order valence-electron chi connectivity index (χ3n) is 3.06. The van der Waals surface area contributed by atoms with Gasteiger partial charge in [-0.2, -0.15) is 15.0 Å². The largest absolute Gasteiger partial charge is 0.396 e. The fourth-order valence-corrected chi connectivity index (χ4v) is 1.87. The van der Waals surface area contributed by atoms with Crippen molar-refractivity contribution in [2.75, 3.05) is 37.5 Å². The topological polar surface area (TPSA) is 92.0 Å². The van der Waals surface area contributed by atoms with Gasteiger partial charge in [-0.05, 0) is 19.3 Å². The molecule has 0 unspecified atom stereocenters. The Bertz CT molecular complexity index is 543. The second-order valence-electron chi connectivity index (χ2n) is 4.68. The minimum Gasteiger partial charge on any atom is -0.396 e. The Morgan fingerprint density at radius 2 is 2.10 bits per heavy atom. The van der Waals surface area contributed by atoms with Crippen molar-refractivity contribution in [2.45, 2.75) is 19.3 Å². The summed E-state index contributed by atoms with van der Waals surface area (Å²) in [6, 6.07) is 0. The summed E-state index contributed by atoms with van der Waals surface area (Å²) in [5.41, 5.74) is 0. The fraction of sp³-hybridized carbons (Fsp3) is 0.538. The molecular weight excluding hydrogens is 270 g/mol. The van der Waals surface area contributed by atoms with Gasteiger partial charge in [0.1, 0.15) is 6.33 Å². The van der Waals surface area contributed by atoms with Crippen molar-refractivity contribution in [3.8, 4) is 5.95 Å². The lowest BCUT2D eigenvalue weighted by atomic mass is 10.2. The van der Waals surface area contributed by atoms with Crippen LogP contribution in [0.15, 0.2) is 18.7 Å². The molecule has 0 spiro atoms.